The van der Waals surface area contributed by atoms with Gasteiger partial charge in [-0.05, 0) is 30.7 Å². The minimum Gasteiger partial charge on any atom is -0.484 e. The number of para-hydroxylation sites is 1. The number of benzene rings is 2. The lowest BCUT2D eigenvalue weighted by Gasteiger charge is -2.07. The second kappa shape index (κ2) is 9.71. The third-order valence-corrected chi connectivity index (χ3v) is 4.92. The molecule has 0 spiro atoms. The number of carbonyl (C=O) groups is 2. The lowest BCUT2D eigenvalue weighted by molar-refractivity contribution is -0.118. The molecule has 0 atom stereocenters. The third-order valence-electron chi connectivity index (χ3n) is 3.87. The molecule has 6 heteroatoms. The largest absolute Gasteiger partial charge is 0.484 e. The second-order valence-corrected chi connectivity index (χ2v) is 7.13. The Kier molecular flexibility index (Phi) is 6.81. The Hall–Kier alpha value is -3.12. The first-order chi connectivity index (χ1) is 13.7. The summed E-state index contributed by atoms with van der Waals surface area (Å²) in [5.74, 6) is -0.168. The summed E-state index contributed by atoms with van der Waals surface area (Å²) in [5, 5.41) is 3.26. The zero-order valence-corrected chi connectivity index (χ0v) is 16.3. The van der Waals surface area contributed by atoms with E-state index in [1.807, 2.05) is 48.5 Å². The monoisotopic (exact) mass is 395 g/mol. The van der Waals surface area contributed by atoms with Crippen LogP contribution < -0.4 is 10.1 Å². The van der Waals surface area contributed by atoms with Gasteiger partial charge in [-0.1, -0.05) is 48.5 Å². The number of hydrogen-bond acceptors (Lipinski definition) is 5. The molecule has 3 aromatic rings. The van der Waals surface area contributed by atoms with E-state index >= 15 is 0 Å². The lowest BCUT2D eigenvalue weighted by Crippen LogP contribution is -2.21. The number of rotatable bonds is 8. The van der Waals surface area contributed by atoms with Crippen molar-refractivity contribution in [2.45, 2.75) is 13.3 Å². The zero-order valence-electron chi connectivity index (χ0n) is 15.5. The van der Waals surface area contributed by atoms with E-state index in [9.17, 15) is 9.59 Å². The number of thiophene rings is 1. The van der Waals surface area contributed by atoms with Crippen LogP contribution in [0.15, 0.2) is 66.7 Å². The van der Waals surface area contributed by atoms with Gasteiger partial charge in [0.1, 0.15) is 10.8 Å². The van der Waals surface area contributed by atoms with Gasteiger partial charge in [0.05, 0.1) is 12.2 Å². The fourth-order valence-electron chi connectivity index (χ4n) is 2.61. The van der Waals surface area contributed by atoms with Crippen molar-refractivity contribution in [1.29, 1.82) is 0 Å². The van der Waals surface area contributed by atoms with Gasteiger partial charge in [-0.3, -0.25) is 4.79 Å². The molecule has 0 aliphatic carbocycles. The molecular weight excluding hydrogens is 374 g/mol. The smallest absolute Gasteiger partial charge is 0.341 e. The van der Waals surface area contributed by atoms with Crippen molar-refractivity contribution in [2.24, 2.45) is 0 Å². The first kappa shape index (κ1) is 19.6. The van der Waals surface area contributed by atoms with Crippen LogP contribution in [0.3, 0.4) is 0 Å². The molecule has 1 heterocycles. The normalized spacial score (nSPS) is 10.3. The van der Waals surface area contributed by atoms with E-state index in [0.29, 0.717) is 22.7 Å². The highest BCUT2D eigenvalue weighted by Crippen LogP contribution is 2.30. The highest BCUT2D eigenvalue weighted by atomic mass is 32.1. The molecule has 0 aliphatic heterocycles. The Bertz CT molecular complexity index is 922. The van der Waals surface area contributed by atoms with Gasteiger partial charge in [0.25, 0.3) is 5.91 Å². The predicted molar refractivity (Wildman–Crippen MR) is 110 cm³/mol. The average molecular weight is 395 g/mol. The van der Waals surface area contributed by atoms with E-state index in [1.165, 1.54) is 11.3 Å². The summed E-state index contributed by atoms with van der Waals surface area (Å²) in [6.45, 7) is 1.88. The summed E-state index contributed by atoms with van der Waals surface area (Å²) in [4.78, 5) is 25.6. The number of anilines is 1. The molecule has 0 radical (unpaired) electrons. The van der Waals surface area contributed by atoms with Gasteiger partial charge in [-0.2, -0.15) is 0 Å². The summed E-state index contributed by atoms with van der Waals surface area (Å²) in [6.07, 6.45) is 0.675. The summed E-state index contributed by atoms with van der Waals surface area (Å²) in [7, 11) is 0. The molecular formula is C22H21NO4S. The Morgan fingerprint density at radius 2 is 1.68 bits per heavy atom. The van der Waals surface area contributed by atoms with E-state index in [-0.39, 0.29) is 19.1 Å². The van der Waals surface area contributed by atoms with E-state index < -0.39 is 5.97 Å². The molecule has 1 N–H and O–H groups in total. The van der Waals surface area contributed by atoms with Gasteiger partial charge in [0.15, 0.2) is 6.61 Å². The first-order valence-corrected chi connectivity index (χ1v) is 9.79. The van der Waals surface area contributed by atoms with E-state index in [2.05, 4.69) is 5.32 Å². The summed E-state index contributed by atoms with van der Waals surface area (Å²) >= 11 is 1.37. The maximum absolute atomic E-state index is 12.3. The van der Waals surface area contributed by atoms with Crippen molar-refractivity contribution in [3.8, 4) is 5.75 Å². The van der Waals surface area contributed by atoms with Crippen LogP contribution in [0.5, 0.6) is 5.75 Å². The third kappa shape index (κ3) is 5.44. The molecule has 2 aromatic carbocycles. The van der Waals surface area contributed by atoms with Crippen molar-refractivity contribution in [1.82, 2.24) is 0 Å². The molecule has 1 amide bonds. The molecule has 0 saturated carbocycles. The van der Waals surface area contributed by atoms with Crippen LogP contribution in [0.1, 0.15) is 27.7 Å². The van der Waals surface area contributed by atoms with Gasteiger partial charge < -0.3 is 14.8 Å². The standard InChI is InChI=1S/C22H21NO4S/c1-2-26-22(25)19-14-18(13-16-9-5-3-6-10-16)28-21(19)23-20(24)15-27-17-11-7-4-8-12-17/h3-12,14H,2,13,15H2,1H3,(H,23,24). The van der Waals surface area contributed by atoms with E-state index in [1.54, 1.807) is 25.1 Å². The molecule has 0 unspecified atom stereocenters. The van der Waals surface area contributed by atoms with Crippen LogP contribution in [0.2, 0.25) is 0 Å². The molecule has 0 saturated heterocycles. The summed E-state index contributed by atoms with van der Waals surface area (Å²) in [6, 6.07) is 20.8. The fraction of sp³-hybridized carbons (Fsp3) is 0.182. The van der Waals surface area contributed by atoms with Gasteiger partial charge in [-0.25, -0.2) is 4.79 Å². The SMILES string of the molecule is CCOC(=O)c1cc(Cc2ccccc2)sc1NC(=O)COc1ccccc1. The highest BCUT2D eigenvalue weighted by Gasteiger charge is 2.19. The van der Waals surface area contributed by atoms with Crippen molar-refractivity contribution < 1.29 is 19.1 Å². The summed E-state index contributed by atoms with van der Waals surface area (Å²) < 4.78 is 10.6. The molecule has 144 valence electrons. The lowest BCUT2D eigenvalue weighted by atomic mass is 10.1. The van der Waals surface area contributed by atoms with Crippen LogP contribution in [0, 0.1) is 0 Å². The fourth-order valence-corrected chi connectivity index (χ4v) is 3.70. The molecule has 1 aromatic heterocycles. The van der Waals surface area contributed by atoms with Crippen LogP contribution >= 0.6 is 11.3 Å². The molecule has 5 nitrogen and oxygen atoms in total. The van der Waals surface area contributed by atoms with Crippen LogP contribution in [0.25, 0.3) is 0 Å². The Morgan fingerprint density at radius 3 is 2.36 bits per heavy atom. The predicted octanol–water partition coefficient (Wildman–Crippen LogP) is 4.53. The molecule has 3 rings (SSSR count). The number of esters is 1. The van der Waals surface area contributed by atoms with E-state index in [0.717, 1.165) is 10.4 Å². The Labute approximate surface area is 167 Å². The van der Waals surface area contributed by atoms with E-state index in [4.69, 9.17) is 9.47 Å². The Balaban J connectivity index is 1.72. The molecule has 0 fully saturated rings. The minimum atomic E-state index is -0.447. The quantitative estimate of drug-likeness (QED) is 0.569. The molecule has 28 heavy (non-hydrogen) atoms. The molecule has 0 bridgehead atoms. The van der Waals surface area contributed by atoms with Crippen molar-refractivity contribution in [3.63, 3.8) is 0 Å². The maximum Gasteiger partial charge on any atom is 0.341 e. The number of carbonyl (C=O) groups excluding carboxylic acids is 2. The second-order valence-electron chi connectivity index (χ2n) is 5.99. The van der Waals surface area contributed by atoms with Crippen molar-refractivity contribution >= 4 is 28.2 Å². The van der Waals surface area contributed by atoms with Crippen molar-refractivity contribution in [2.75, 3.05) is 18.5 Å². The number of nitrogens with one attached hydrogen (secondary N) is 1. The topological polar surface area (TPSA) is 64.6 Å². The van der Waals surface area contributed by atoms with Crippen molar-refractivity contribution in [3.05, 3.63) is 82.7 Å². The number of amides is 1. The Morgan fingerprint density at radius 1 is 1.00 bits per heavy atom. The highest BCUT2D eigenvalue weighted by molar-refractivity contribution is 7.16. The van der Waals surface area contributed by atoms with Gasteiger partial charge in [0, 0.05) is 11.3 Å². The summed E-state index contributed by atoms with van der Waals surface area (Å²) in [5.41, 5.74) is 1.50. The van der Waals surface area contributed by atoms with Crippen LogP contribution in [-0.4, -0.2) is 25.1 Å². The minimum absolute atomic E-state index is 0.141. The van der Waals surface area contributed by atoms with Crippen LogP contribution in [-0.2, 0) is 16.0 Å². The van der Waals surface area contributed by atoms with Gasteiger partial charge >= 0.3 is 5.97 Å². The average Bonchev–Trinajstić information content (AvgIpc) is 3.10. The maximum atomic E-state index is 12.3. The van der Waals surface area contributed by atoms with Crippen LogP contribution in [0.4, 0.5) is 5.00 Å². The van der Waals surface area contributed by atoms with Gasteiger partial charge in [0.2, 0.25) is 0 Å². The zero-order chi connectivity index (χ0) is 19.8. The number of hydrogen-bond donors (Lipinski definition) is 1. The van der Waals surface area contributed by atoms with Gasteiger partial charge in [-0.15, -0.1) is 11.3 Å². The molecule has 0 aliphatic rings. The number of ether oxygens (including phenoxy) is 2. The first-order valence-electron chi connectivity index (χ1n) is 8.97.